The Morgan fingerprint density at radius 3 is 1.50 bits per heavy atom. The fourth-order valence-electron chi connectivity index (χ4n) is 0.542. The predicted molar refractivity (Wildman–Crippen MR) is 89.6 cm³/mol. The molecule has 0 N–H and O–H groups in total. The Kier molecular flexibility index (Phi) is 46.0. The van der Waals surface area contributed by atoms with Crippen molar-refractivity contribution < 1.29 is 29.7 Å². The molecular formula is C14H30FGeN3Zr. The van der Waals surface area contributed by atoms with Crippen molar-refractivity contribution in [2.45, 2.75) is 27.2 Å². The standard InChI is InChI=1S/C5H6FGe.3C3H8N.Zr/c6-7-5-3-1-2-4-5;3*1-3-4-2;/h1,3H,2,7H2;3*3H2,1-2H3;/q4*-1;+4. The van der Waals surface area contributed by atoms with Gasteiger partial charge in [0.1, 0.15) is 0 Å². The van der Waals surface area contributed by atoms with Crippen LogP contribution in [-0.4, -0.2) is 56.7 Å². The van der Waals surface area contributed by atoms with Gasteiger partial charge in [-0.25, -0.2) is 0 Å². The van der Waals surface area contributed by atoms with Gasteiger partial charge in [-0.15, -0.1) is 0 Å². The van der Waals surface area contributed by atoms with E-state index in [0.29, 0.717) is 0 Å². The minimum atomic E-state index is -1.75. The maximum absolute atomic E-state index is 11.7. The van der Waals surface area contributed by atoms with Crippen molar-refractivity contribution in [1.29, 1.82) is 0 Å². The van der Waals surface area contributed by atoms with E-state index in [0.717, 1.165) is 30.5 Å². The predicted octanol–water partition coefficient (Wildman–Crippen LogP) is 3.71. The summed E-state index contributed by atoms with van der Waals surface area (Å²) in [5.41, 5.74) is 0. The topological polar surface area (TPSA) is 42.3 Å². The average molecular weight is 423 g/mol. The van der Waals surface area contributed by atoms with Gasteiger partial charge >= 0.3 is 74.7 Å². The molecule has 3 nitrogen and oxygen atoms in total. The number of rotatable bonds is 4. The van der Waals surface area contributed by atoms with Crippen LogP contribution in [0.3, 0.4) is 0 Å². The third-order valence-corrected chi connectivity index (χ3v) is 3.48. The summed E-state index contributed by atoms with van der Waals surface area (Å²) in [6.07, 6.45) is 7.55. The second-order valence-electron chi connectivity index (χ2n) is 3.34. The summed E-state index contributed by atoms with van der Waals surface area (Å²) < 4.78 is 12.6. The number of halogens is 1. The van der Waals surface area contributed by atoms with Gasteiger partial charge in [-0.2, -0.15) is 40.8 Å². The summed E-state index contributed by atoms with van der Waals surface area (Å²) in [6, 6.07) is 0. The van der Waals surface area contributed by atoms with Crippen molar-refractivity contribution >= 4 is 15.9 Å². The molecule has 0 radical (unpaired) electrons. The zero-order valence-electron chi connectivity index (χ0n) is 13.9. The van der Waals surface area contributed by atoms with Crippen molar-refractivity contribution in [1.82, 2.24) is 0 Å². The molecule has 6 heteroatoms. The van der Waals surface area contributed by atoms with Crippen molar-refractivity contribution in [3.8, 4) is 0 Å². The second-order valence-corrected chi connectivity index (χ2v) is 5.50. The molecule has 0 amide bonds. The minimum absolute atomic E-state index is 0. The Bertz CT molecular complexity index is 187. The fourth-order valence-corrected chi connectivity index (χ4v) is 1.58. The maximum atomic E-state index is 11.7. The molecule has 116 valence electrons. The van der Waals surface area contributed by atoms with Crippen LogP contribution < -0.4 is 0 Å². The molecule has 0 aromatic rings. The molecule has 0 aromatic carbocycles. The van der Waals surface area contributed by atoms with Crippen molar-refractivity contribution in [3.05, 3.63) is 38.6 Å². The van der Waals surface area contributed by atoms with E-state index >= 15 is 0 Å². The summed E-state index contributed by atoms with van der Waals surface area (Å²) in [4.78, 5) is 0. The largest absolute Gasteiger partial charge is 4.00 e. The van der Waals surface area contributed by atoms with Crippen LogP contribution in [0.1, 0.15) is 27.2 Å². The molecule has 0 unspecified atom stereocenters. The van der Waals surface area contributed by atoms with Crippen molar-refractivity contribution in [2.75, 3.05) is 40.8 Å². The van der Waals surface area contributed by atoms with Gasteiger partial charge in [0.15, 0.2) is 0 Å². The van der Waals surface area contributed by atoms with Gasteiger partial charge in [-0.3, -0.25) is 0 Å². The third-order valence-electron chi connectivity index (χ3n) is 1.86. The van der Waals surface area contributed by atoms with Crippen LogP contribution in [0.5, 0.6) is 0 Å². The van der Waals surface area contributed by atoms with Gasteiger partial charge in [-0.05, 0) is 0 Å². The third kappa shape index (κ3) is 36.3. The maximum Gasteiger partial charge on any atom is 4.00 e. The summed E-state index contributed by atoms with van der Waals surface area (Å²) in [5, 5.41) is 11.2. The first kappa shape index (κ1) is 28.8. The van der Waals surface area contributed by atoms with Crippen molar-refractivity contribution in [3.63, 3.8) is 0 Å². The number of allylic oxidation sites excluding steroid dienone is 4. The molecule has 1 aliphatic rings. The molecule has 0 spiro atoms. The quantitative estimate of drug-likeness (QED) is 0.489. The van der Waals surface area contributed by atoms with E-state index in [1.54, 1.807) is 21.1 Å². The van der Waals surface area contributed by atoms with E-state index in [9.17, 15) is 3.50 Å². The van der Waals surface area contributed by atoms with Crippen LogP contribution in [0.25, 0.3) is 16.0 Å². The first-order chi connectivity index (χ1) is 9.17. The molecule has 1 aliphatic carbocycles. The summed E-state index contributed by atoms with van der Waals surface area (Å²) in [5.74, 6) is 0. The van der Waals surface area contributed by atoms with Crippen LogP contribution >= 0.6 is 0 Å². The zero-order valence-corrected chi connectivity index (χ0v) is 19.3. The Morgan fingerprint density at radius 1 is 1.05 bits per heavy atom. The Hall–Kier alpha value is 0.716. The molecule has 0 saturated carbocycles. The van der Waals surface area contributed by atoms with Gasteiger partial charge < -0.3 is 16.0 Å². The van der Waals surface area contributed by atoms with Crippen LogP contribution in [-0.2, 0) is 26.2 Å². The Morgan fingerprint density at radius 2 is 1.40 bits per heavy atom. The molecule has 1 rings (SSSR count). The van der Waals surface area contributed by atoms with Gasteiger partial charge in [-0.1, -0.05) is 20.8 Å². The van der Waals surface area contributed by atoms with E-state index < -0.39 is 15.9 Å². The smallest absolute Gasteiger partial charge is 4.00 e. The van der Waals surface area contributed by atoms with Gasteiger partial charge in [0.05, 0.1) is 0 Å². The first-order valence-electron chi connectivity index (χ1n) is 6.67. The van der Waals surface area contributed by atoms with Crippen LogP contribution in [0.4, 0.5) is 3.50 Å². The average Bonchev–Trinajstić information content (AvgIpc) is 3.01. The van der Waals surface area contributed by atoms with E-state index in [4.69, 9.17) is 0 Å². The molecule has 0 aromatic heterocycles. The summed E-state index contributed by atoms with van der Waals surface area (Å²) in [6.45, 7) is 8.88. The van der Waals surface area contributed by atoms with Gasteiger partial charge in [0, 0.05) is 0 Å². The van der Waals surface area contributed by atoms with E-state index in [1.807, 2.05) is 32.9 Å². The van der Waals surface area contributed by atoms with E-state index in [-0.39, 0.29) is 26.2 Å². The number of nitrogens with zero attached hydrogens (tertiary/aromatic N) is 3. The van der Waals surface area contributed by atoms with Gasteiger partial charge in [0.2, 0.25) is 0 Å². The molecule has 0 fully saturated rings. The summed E-state index contributed by atoms with van der Waals surface area (Å²) in [7, 11) is 5.42. The molecule has 0 heterocycles. The Labute approximate surface area is 151 Å². The molecule has 20 heavy (non-hydrogen) atoms. The van der Waals surface area contributed by atoms with Crippen LogP contribution in [0, 0.1) is 6.08 Å². The van der Waals surface area contributed by atoms with E-state index in [2.05, 4.69) is 22.0 Å². The normalized spacial score (nSPS) is 11.2. The molecule has 0 atom stereocenters. The molecule has 0 saturated heterocycles. The van der Waals surface area contributed by atoms with Crippen molar-refractivity contribution in [2.24, 2.45) is 0 Å². The van der Waals surface area contributed by atoms with Crippen LogP contribution in [0.15, 0.2) is 16.6 Å². The second kappa shape index (κ2) is 31.9. The van der Waals surface area contributed by atoms with E-state index in [1.165, 1.54) is 0 Å². The molecule has 0 bridgehead atoms. The molecular weight excluding hydrogens is 393 g/mol. The number of hydrogen-bond acceptors (Lipinski definition) is 0. The zero-order chi connectivity index (χ0) is 15.4. The fraction of sp³-hybridized carbons (Fsp3) is 0.714. The molecule has 0 aliphatic heterocycles. The monoisotopic (exact) mass is 423 g/mol. The minimum Gasteiger partial charge on any atom is 4.00 e. The Balaban J connectivity index is -0.0000000881. The van der Waals surface area contributed by atoms with Gasteiger partial charge in [0.25, 0.3) is 0 Å². The number of hydrogen-bond donors (Lipinski definition) is 0. The van der Waals surface area contributed by atoms with Crippen LogP contribution in [0.2, 0.25) is 0 Å². The first-order valence-corrected chi connectivity index (χ1v) is 9.27. The summed E-state index contributed by atoms with van der Waals surface area (Å²) >= 11 is -1.75. The SMILES string of the molecule is CC[N-]C.CC[N-]C.CC[N-]C.[F][GeH2][C]1=[C-]CC=C1.[Zr+4].